The van der Waals surface area contributed by atoms with Crippen LogP contribution >= 0.6 is 0 Å². The third kappa shape index (κ3) is 3.62. The molecule has 22 heavy (non-hydrogen) atoms. The predicted molar refractivity (Wildman–Crippen MR) is 85.9 cm³/mol. The normalized spacial score (nSPS) is 15.0. The highest BCUT2D eigenvalue weighted by molar-refractivity contribution is 5.95. The molecule has 2 rings (SSSR count). The average Bonchev–Trinajstić information content (AvgIpc) is 2.53. The molecule has 0 atom stereocenters. The van der Waals surface area contributed by atoms with Gasteiger partial charge in [0.15, 0.2) is 11.5 Å². The van der Waals surface area contributed by atoms with Crippen molar-refractivity contribution in [3.05, 3.63) is 17.7 Å². The van der Waals surface area contributed by atoms with E-state index in [2.05, 4.69) is 0 Å². The Hall–Kier alpha value is -1.95. The SMILES string of the molecule is C.COc1cc(C(=O)N2CCC(N)CC2)cc(OC)c1OC. The Balaban J connectivity index is 0.00000242. The summed E-state index contributed by atoms with van der Waals surface area (Å²) in [5.41, 5.74) is 6.40. The maximum absolute atomic E-state index is 12.6. The van der Waals surface area contributed by atoms with E-state index < -0.39 is 0 Å². The highest BCUT2D eigenvalue weighted by atomic mass is 16.5. The quantitative estimate of drug-likeness (QED) is 0.919. The van der Waals surface area contributed by atoms with Crippen molar-refractivity contribution in [1.82, 2.24) is 4.90 Å². The molecule has 1 amide bonds. The lowest BCUT2D eigenvalue weighted by molar-refractivity contribution is 0.0714. The number of nitrogens with zero attached hydrogens (tertiary/aromatic N) is 1. The second kappa shape index (κ2) is 7.89. The van der Waals surface area contributed by atoms with Crippen LogP contribution in [0.1, 0.15) is 30.6 Å². The van der Waals surface area contributed by atoms with Crippen LogP contribution < -0.4 is 19.9 Å². The third-order valence-electron chi connectivity index (χ3n) is 3.74. The molecule has 2 N–H and O–H groups in total. The average molecular weight is 310 g/mol. The predicted octanol–water partition coefficient (Wildman–Crippen LogP) is 1.91. The topological polar surface area (TPSA) is 74.0 Å². The minimum atomic E-state index is -0.0406. The van der Waals surface area contributed by atoms with Crippen LogP contribution in [0.4, 0.5) is 0 Å². The van der Waals surface area contributed by atoms with Crippen molar-refractivity contribution in [3.8, 4) is 17.2 Å². The van der Waals surface area contributed by atoms with Gasteiger partial charge in [-0.2, -0.15) is 0 Å². The van der Waals surface area contributed by atoms with Gasteiger partial charge in [0.1, 0.15) is 0 Å². The molecule has 6 heteroatoms. The zero-order valence-corrected chi connectivity index (χ0v) is 12.7. The van der Waals surface area contributed by atoms with Crippen molar-refractivity contribution in [3.63, 3.8) is 0 Å². The van der Waals surface area contributed by atoms with Gasteiger partial charge in [-0.3, -0.25) is 4.79 Å². The number of hydrogen-bond donors (Lipinski definition) is 1. The molecule has 1 heterocycles. The molecule has 0 bridgehead atoms. The third-order valence-corrected chi connectivity index (χ3v) is 3.74. The summed E-state index contributed by atoms with van der Waals surface area (Å²) in [6, 6.07) is 3.55. The molecule has 0 aromatic heterocycles. The summed E-state index contributed by atoms with van der Waals surface area (Å²) < 4.78 is 15.8. The minimum Gasteiger partial charge on any atom is -0.493 e. The molecule has 1 fully saturated rings. The van der Waals surface area contributed by atoms with Gasteiger partial charge in [0.25, 0.3) is 5.91 Å². The Morgan fingerprint density at radius 3 is 2.00 bits per heavy atom. The van der Waals surface area contributed by atoms with E-state index in [1.807, 2.05) is 4.90 Å². The van der Waals surface area contributed by atoms with Gasteiger partial charge < -0.3 is 24.8 Å². The molecule has 0 radical (unpaired) electrons. The molecule has 1 aliphatic heterocycles. The zero-order chi connectivity index (χ0) is 15.4. The minimum absolute atomic E-state index is 0. The number of piperidine rings is 1. The molecule has 1 aliphatic rings. The van der Waals surface area contributed by atoms with Crippen molar-refractivity contribution in [2.24, 2.45) is 5.73 Å². The number of rotatable bonds is 4. The molecule has 1 aromatic rings. The van der Waals surface area contributed by atoms with E-state index in [0.29, 0.717) is 35.9 Å². The summed E-state index contributed by atoms with van der Waals surface area (Å²) >= 11 is 0. The lowest BCUT2D eigenvalue weighted by atomic mass is 10.0. The Bertz CT molecular complexity index is 486. The van der Waals surface area contributed by atoms with E-state index in [1.165, 1.54) is 21.3 Å². The summed E-state index contributed by atoms with van der Waals surface area (Å²) in [6.45, 7) is 1.35. The summed E-state index contributed by atoms with van der Waals surface area (Å²) in [6.07, 6.45) is 1.66. The maximum Gasteiger partial charge on any atom is 0.254 e. The van der Waals surface area contributed by atoms with Crippen LogP contribution in [0.25, 0.3) is 0 Å². The molecule has 6 nitrogen and oxygen atoms in total. The Morgan fingerprint density at radius 2 is 1.59 bits per heavy atom. The van der Waals surface area contributed by atoms with Crippen LogP contribution in [0.5, 0.6) is 17.2 Å². The van der Waals surface area contributed by atoms with Crippen LogP contribution in [-0.2, 0) is 0 Å². The first-order valence-electron chi connectivity index (χ1n) is 6.95. The maximum atomic E-state index is 12.6. The monoisotopic (exact) mass is 310 g/mol. The fraction of sp³-hybridized carbons (Fsp3) is 0.562. The van der Waals surface area contributed by atoms with Gasteiger partial charge in [-0.1, -0.05) is 7.43 Å². The highest BCUT2D eigenvalue weighted by Gasteiger charge is 2.24. The van der Waals surface area contributed by atoms with Crippen LogP contribution in [0.2, 0.25) is 0 Å². The molecular weight excluding hydrogens is 284 g/mol. The Kier molecular flexibility index (Phi) is 6.49. The lowest BCUT2D eigenvalue weighted by Gasteiger charge is -2.30. The van der Waals surface area contributed by atoms with E-state index >= 15 is 0 Å². The number of ether oxygens (including phenoxy) is 3. The lowest BCUT2D eigenvalue weighted by Crippen LogP contribution is -2.42. The van der Waals surface area contributed by atoms with E-state index in [9.17, 15) is 4.79 Å². The fourth-order valence-corrected chi connectivity index (χ4v) is 2.49. The number of nitrogens with two attached hydrogens (primary N) is 1. The molecule has 0 saturated carbocycles. The zero-order valence-electron chi connectivity index (χ0n) is 12.7. The van der Waals surface area contributed by atoms with E-state index in [-0.39, 0.29) is 19.4 Å². The Morgan fingerprint density at radius 1 is 1.09 bits per heavy atom. The van der Waals surface area contributed by atoms with Crippen LogP contribution in [0, 0.1) is 0 Å². The molecule has 0 aliphatic carbocycles. The van der Waals surface area contributed by atoms with Gasteiger partial charge in [0.05, 0.1) is 21.3 Å². The van der Waals surface area contributed by atoms with Gasteiger partial charge in [-0.25, -0.2) is 0 Å². The van der Waals surface area contributed by atoms with Crippen molar-refractivity contribution >= 4 is 5.91 Å². The van der Waals surface area contributed by atoms with Crippen LogP contribution in [0.15, 0.2) is 12.1 Å². The number of methoxy groups -OCH3 is 3. The first-order valence-corrected chi connectivity index (χ1v) is 6.95. The smallest absolute Gasteiger partial charge is 0.254 e. The summed E-state index contributed by atoms with van der Waals surface area (Å²) in [5.74, 6) is 1.40. The molecule has 0 spiro atoms. The van der Waals surface area contributed by atoms with E-state index in [4.69, 9.17) is 19.9 Å². The standard InChI is InChI=1S/C15H22N2O4.CH4/c1-19-12-8-10(9-13(20-2)14(12)21-3)15(18)17-6-4-11(16)5-7-17;/h8-9,11H,4-7,16H2,1-3H3;1H4. The molecule has 1 aromatic carbocycles. The second-order valence-electron chi connectivity index (χ2n) is 5.04. The number of amides is 1. The van der Waals surface area contributed by atoms with Crippen molar-refractivity contribution < 1.29 is 19.0 Å². The number of carbonyl (C=O) groups is 1. The first-order chi connectivity index (χ1) is 10.1. The number of hydrogen-bond acceptors (Lipinski definition) is 5. The highest BCUT2D eigenvalue weighted by Crippen LogP contribution is 2.38. The molecule has 1 saturated heterocycles. The van der Waals surface area contributed by atoms with Gasteiger partial charge >= 0.3 is 0 Å². The summed E-state index contributed by atoms with van der Waals surface area (Å²) in [5, 5.41) is 0. The van der Waals surface area contributed by atoms with Crippen molar-refractivity contribution in [1.29, 1.82) is 0 Å². The summed E-state index contributed by atoms with van der Waals surface area (Å²) in [7, 11) is 4.60. The first kappa shape index (κ1) is 18.1. The molecule has 124 valence electrons. The summed E-state index contributed by atoms with van der Waals surface area (Å²) in [4.78, 5) is 14.4. The fourth-order valence-electron chi connectivity index (χ4n) is 2.49. The van der Waals surface area contributed by atoms with E-state index in [0.717, 1.165) is 12.8 Å². The van der Waals surface area contributed by atoms with Gasteiger partial charge in [0, 0.05) is 24.7 Å². The van der Waals surface area contributed by atoms with Gasteiger partial charge in [0.2, 0.25) is 5.75 Å². The van der Waals surface area contributed by atoms with Crippen molar-refractivity contribution in [2.75, 3.05) is 34.4 Å². The Labute approximate surface area is 132 Å². The number of carbonyl (C=O) groups excluding carboxylic acids is 1. The number of benzene rings is 1. The van der Waals surface area contributed by atoms with Gasteiger partial charge in [-0.15, -0.1) is 0 Å². The van der Waals surface area contributed by atoms with Crippen LogP contribution in [-0.4, -0.2) is 51.3 Å². The molecule has 0 unspecified atom stereocenters. The molecular formula is C16H26N2O4. The number of likely N-dealkylation sites (tertiary alicyclic amines) is 1. The van der Waals surface area contributed by atoms with E-state index in [1.54, 1.807) is 12.1 Å². The van der Waals surface area contributed by atoms with Crippen LogP contribution in [0.3, 0.4) is 0 Å². The van der Waals surface area contributed by atoms with Gasteiger partial charge in [-0.05, 0) is 25.0 Å². The largest absolute Gasteiger partial charge is 0.493 e. The second-order valence-corrected chi connectivity index (χ2v) is 5.04. The van der Waals surface area contributed by atoms with Crippen molar-refractivity contribution in [2.45, 2.75) is 26.3 Å².